The molecule has 0 radical (unpaired) electrons. The first-order valence-electron chi connectivity index (χ1n) is 5.23. The van der Waals surface area contributed by atoms with Crippen LogP contribution in [-0.2, 0) is 18.3 Å². The van der Waals surface area contributed by atoms with E-state index in [1.54, 1.807) is 0 Å². The minimum atomic E-state index is 0. The van der Waals surface area contributed by atoms with Crippen molar-refractivity contribution in [1.29, 1.82) is 0 Å². The summed E-state index contributed by atoms with van der Waals surface area (Å²) in [4.78, 5) is 0. The van der Waals surface area contributed by atoms with Crippen LogP contribution in [0.5, 0.6) is 0 Å². The van der Waals surface area contributed by atoms with E-state index in [4.69, 9.17) is 4.74 Å². The zero-order valence-corrected chi connectivity index (χ0v) is 10.3. The zero-order chi connectivity index (χ0) is 10.2. The Morgan fingerprint density at radius 3 is 2.87 bits per heavy atom. The van der Waals surface area contributed by atoms with Crippen molar-refractivity contribution in [2.45, 2.75) is 19.9 Å². The molecule has 0 aromatic carbocycles. The van der Waals surface area contributed by atoms with Crippen LogP contribution in [0.4, 0.5) is 0 Å². The minimum Gasteiger partial charge on any atom is -0.382 e. The summed E-state index contributed by atoms with van der Waals surface area (Å²) >= 11 is 0. The fourth-order valence-corrected chi connectivity index (χ4v) is 1.34. The van der Waals surface area contributed by atoms with Gasteiger partial charge in [0, 0.05) is 38.7 Å². The van der Waals surface area contributed by atoms with E-state index in [0.29, 0.717) is 0 Å². The Morgan fingerprint density at radius 1 is 1.47 bits per heavy atom. The molecular weight excluding hydrogens is 212 g/mol. The molecule has 88 valence electrons. The van der Waals surface area contributed by atoms with E-state index in [9.17, 15) is 0 Å². The van der Waals surface area contributed by atoms with Gasteiger partial charge in [-0.2, -0.15) is 0 Å². The molecule has 0 aliphatic heterocycles. The number of nitrogens with one attached hydrogen (secondary N) is 1. The molecule has 0 spiro atoms. The maximum Gasteiger partial charge on any atom is 0.0477 e. The number of aryl methyl sites for hydroxylation is 1. The van der Waals surface area contributed by atoms with Gasteiger partial charge in [0.15, 0.2) is 0 Å². The molecule has 0 aliphatic rings. The number of hydrogen-bond acceptors (Lipinski definition) is 2. The third kappa shape index (κ3) is 5.82. The Bertz CT molecular complexity index is 250. The normalized spacial score (nSPS) is 10.0. The molecule has 0 unspecified atom stereocenters. The van der Waals surface area contributed by atoms with E-state index in [1.165, 1.54) is 5.69 Å². The van der Waals surface area contributed by atoms with Gasteiger partial charge >= 0.3 is 0 Å². The molecule has 0 amide bonds. The van der Waals surface area contributed by atoms with Crippen molar-refractivity contribution in [3.8, 4) is 0 Å². The average Bonchev–Trinajstić information content (AvgIpc) is 2.58. The molecular formula is C11H21ClN2O. The molecule has 1 heterocycles. The van der Waals surface area contributed by atoms with Crippen molar-refractivity contribution in [3.63, 3.8) is 0 Å². The van der Waals surface area contributed by atoms with Crippen LogP contribution in [0.1, 0.15) is 19.0 Å². The third-order valence-electron chi connectivity index (χ3n) is 2.20. The zero-order valence-electron chi connectivity index (χ0n) is 9.53. The number of ether oxygens (including phenoxy) is 1. The first-order valence-corrected chi connectivity index (χ1v) is 5.23. The van der Waals surface area contributed by atoms with Crippen LogP contribution in [0.3, 0.4) is 0 Å². The quantitative estimate of drug-likeness (QED) is 0.728. The van der Waals surface area contributed by atoms with Crippen molar-refractivity contribution in [2.75, 3.05) is 19.8 Å². The summed E-state index contributed by atoms with van der Waals surface area (Å²) in [6.45, 7) is 5.66. The molecule has 0 aliphatic carbocycles. The number of halogens is 1. The predicted octanol–water partition coefficient (Wildman–Crippen LogP) is 1.96. The summed E-state index contributed by atoms with van der Waals surface area (Å²) in [5, 5.41) is 3.39. The lowest BCUT2D eigenvalue weighted by Gasteiger charge is -2.05. The van der Waals surface area contributed by atoms with Crippen molar-refractivity contribution >= 4 is 12.4 Å². The van der Waals surface area contributed by atoms with Crippen LogP contribution >= 0.6 is 12.4 Å². The highest BCUT2D eigenvalue weighted by molar-refractivity contribution is 5.85. The van der Waals surface area contributed by atoms with Crippen LogP contribution in [0.2, 0.25) is 0 Å². The van der Waals surface area contributed by atoms with Gasteiger partial charge in [-0.3, -0.25) is 0 Å². The highest BCUT2D eigenvalue weighted by atomic mass is 35.5. The lowest BCUT2D eigenvalue weighted by atomic mass is 10.4. The second kappa shape index (κ2) is 8.77. The molecule has 0 saturated heterocycles. The first-order chi connectivity index (χ1) is 6.84. The second-order valence-electron chi connectivity index (χ2n) is 3.34. The van der Waals surface area contributed by atoms with E-state index < -0.39 is 0 Å². The second-order valence-corrected chi connectivity index (χ2v) is 3.34. The topological polar surface area (TPSA) is 26.2 Å². The highest BCUT2D eigenvalue weighted by Crippen LogP contribution is 1.98. The summed E-state index contributed by atoms with van der Waals surface area (Å²) in [6, 6.07) is 4.20. The lowest BCUT2D eigenvalue weighted by Crippen LogP contribution is -2.17. The highest BCUT2D eigenvalue weighted by Gasteiger charge is 1.95. The summed E-state index contributed by atoms with van der Waals surface area (Å²) in [5.41, 5.74) is 1.32. The van der Waals surface area contributed by atoms with E-state index >= 15 is 0 Å². The molecule has 0 saturated carbocycles. The standard InChI is InChI=1S/C11H20N2O.ClH/c1-3-14-9-5-7-12-10-11-6-4-8-13(11)2;/h4,6,8,12H,3,5,7,9-10H2,1-2H3;1H. The van der Waals surface area contributed by atoms with Gasteiger partial charge in [-0.15, -0.1) is 12.4 Å². The van der Waals surface area contributed by atoms with E-state index in [0.717, 1.165) is 32.7 Å². The third-order valence-corrected chi connectivity index (χ3v) is 2.20. The van der Waals surface area contributed by atoms with Gasteiger partial charge < -0.3 is 14.6 Å². The Balaban J connectivity index is 0.00000196. The molecule has 0 atom stereocenters. The fraction of sp³-hybridized carbons (Fsp3) is 0.636. The van der Waals surface area contributed by atoms with Gasteiger partial charge in [0.05, 0.1) is 0 Å². The Hall–Kier alpha value is -0.510. The Kier molecular flexibility index (Phi) is 8.47. The summed E-state index contributed by atoms with van der Waals surface area (Å²) < 4.78 is 7.38. The smallest absolute Gasteiger partial charge is 0.0477 e. The molecule has 1 aromatic heterocycles. The Morgan fingerprint density at radius 2 is 2.27 bits per heavy atom. The molecule has 0 bridgehead atoms. The van der Waals surface area contributed by atoms with E-state index in [1.807, 2.05) is 6.92 Å². The van der Waals surface area contributed by atoms with Crippen LogP contribution in [0, 0.1) is 0 Å². The molecule has 3 nitrogen and oxygen atoms in total. The number of rotatable bonds is 7. The number of aromatic nitrogens is 1. The van der Waals surface area contributed by atoms with Crippen LogP contribution < -0.4 is 5.32 Å². The summed E-state index contributed by atoms with van der Waals surface area (Å²) in [5.74, 6) is 0. The van der Waals surface area contributed by atoms with Crippen molar-refractivity contribution in [2.24, 2.45) is 7.05 Å². The number of nitrogens with zero attached hydrogens (tertiary/aromatic N) is 1. The van der Waals surface area contributed by atoms with Gasteiger partial charge in [-0.25, -0.2) is 0 Å². The van der Waals surface area contributed by atoms with Gasteiger partial charge in [0.1, 0.15) is 0 Å². The van der Waals surface area contributed by atoms with Gasteiger partial charge in [0.25, 0.3) is 0 Å². The minimum absolute atomic E-state index is 0. The fourth-order valence-electron chi connectivity index (χ4n) is 1.34. The predicted molar refractivity (Wildman–Crippen MR) is 65.5 cm³/mol. The summed E-state index contributed by atoms with van der Waals surface area (Å²) in [7, 11) is 2.07. The van der Waals surface area contributed by atoms with Crippen molar-refractivity contribution in [1.82, 2.24) is 9.88 Å². The Labute approximate surface area is 98.2 Å². The van der Waals surface area contributed by atoms with Gasteiger partial charge in [0.2, 0.25) is 0 Å². The maximum atomic E-state index is 5.25. The molecule has 1 aromatic rings. The SMILES string of the molecule is CCOCCCNCc1cccn1C.Cl. The molecule has 0 fully saturated rings. The average molecular weight is 233 g/mol. The van der Waals surface area contributed by atoms with Crippen molar-refractivity contribution < 1.29 is 4.74 Å². The van der Waals surface area contributed by atoms with Crippen LogP contribution in [0.25, 0.3) is 0 Å². The molecule has 15 heavy (non-hydrogen) atoms. The van der Waals surface area contributed by atoms with E-state index in [2.05, 4.69) is 35.3 Å². The van der Waals surface area contributed by atoms with Crippen molar-refractivity contribution in [3.05, 3.63) is 24.0 Å². The molecule has 4 heteroatoms. The van der Waals surface area contributed by atoms with Gasteiger partial charge in [-0.05, 0) is 32.0 Å². The van der Waals surface area contributed by atoms with E-state index in [-0.39, 0.29) is 12.4 Å². The molecule has 1 rings (SSSR count). The van der Waals surface area contributed by atoms with Crippen LogP contribution in [-0.4, -0.2) is 24.3 Å². The molecule has 1 N–H and O–H groups in total. The van der Waals surface area contributed by atoms with Gasteiger partial charge in [-0.1, -0.05) is 0 Å². The first kappa shape index (κ1) is 14.5. The van der Waals surface area contributed by atoms with Crippen LogP contribution in [0.15, 0.2) is 18.3 Å². The summed E-state index contributed by atoms with van der Waals surface area (Å²) in [6.07, 6.45) is 3.15. The lowest BCUT2D eigenvalue weighted by molar-refractivity contribution is 0.144. The maximum absolute atomic E-state index is 5.25. The monoisotopic (exact) mass is 232 g/mol. The largest absolute Gasteiger partial charge is 0.382 e. The number of hydrogen-bond donors (Lipinski definition) is 1.